The molecule has 0 saturated carbocycles. The second-order valence-corrected chi connectivity index (χ2v) is 8.79. The average molecular weight is 398 g/mol. The molecule has 1 saturated heterocycles. The van der Waals surface area contributed by atoms with Gasteiger partial charge in [0.25, 0.3) is 5.91 Å². The van der Waals surface area contributed by atoms with Gasteiger partial charge in [0.2, 0.25) is 0 Å². The number of aromatic nitrogens is 2. The fraction of sp³-hybridized carbons (Fsp3) is 0.455. The Bertz CT molecular complexity index is 967. The number of methoxy groups -OCH3 is 1. The largest absolute Gasteiger partial charge is 0.383 e. The molecule has 1 aliphatic rings. The van der Waals surface area contributed by atoms with Gasteiger partial charge in [0.1, 0.15) is 10.7 Å². The van der Waals surface area contributed by atoms with Crippen molar-refractivity contribution in [3.8, 4) is 10.7 Å². The zero-order valence-corrected chi connectivity index (χ0v) is 17.5. The maximum absolute atomic E-state index is 13.0. The van der Waals surface area contributed by atoms with Gasteiger partial charge in [0, 0.05) is 43.0 Å². The van der Waals surface area contributed by atoms with Crippen LogP contribution in [-0.2, 0) is 11.3 Å². The summed E-state index contributed by atoms with van der Waals surface area (Å²) in [6.45, 7) is 7.47. The minimum absolute atomic E-state index is 0.0560. The smallest absolute Gasteiger partial charge is 0.273 e. The molecular weight excluding hydrogens is 370 g/mol. The fourth-order valence-electron chi connectivity index (χ4n) is 4.29. The van der Waals surface area contributed by atoms with Crippen molar-refractivity contribution in [1.29, 1.82) is 0 Å². The molecule has 0 aliphatic carbocycles. The summed E-state index contributed by atoms with van der Waals surface area (Å²) in [5.41, 5.74) is 2.77. The van der Waals surface area contributed by atoms with E-state index in [1.54, 1.807) is 7.11 Å². The number of rotatable bonds is 5. The van der Waals surface area contributed by atoms with Crippen molar-refractivity contribution >= 4 is 28.1 Å². The summed E-state index contributed by atoms with van der Waals surface area (Å²) in [5.74, 6) is 1.14. The van der Waals surface area contributed by atoms with Crippen LogP contribution < -0.4 is 0 Å². The lowest BCUT2D eigenvalue weighted by atomic mass is 9.92. The number of likely N-dealkylation sites (tertiary alicyclic amines) is 1. The number of carbonyl (C=O) groups is 1. The summed E-state index contributed by atoms with van der Waals surface area (Å²) < 4.78 is 7.53. The van der Waals surface area contributed by atoms with E-state index >= 15 is 0 Å². The lowest BCUT2D eigenvalue weighted by Crippen LogP contribution is -2.42. The van der Waals surface area contributed by atoms with Gasteiger partial charge in [0.15, 0.2) is 0 Å². The van der Waals surface area contributed by atoms with Gasteiger partial charge < -0.3 is 14.2 Å². The van der Waals surface area contributed by atoms with Gasteiger partial charge in [-0.1, -0.05) is 32.0 Å². The third-order valence-corrected chi connectivity index (χ3v) is 6.29. The van der Waals surface area contributed by atoms with E-state index in [0.29, 0.717) is 24.1 Å². The first-order valence-corrected chi connectivity index (χ1v) is 10.8. The number of thiazole rings is 1. The van der Waals surface area contributed by atoms with Gasteiger partial charge >= 0.3 is 0 Å². The van der Waals surface area contributed by atoms with E-state index in [2.05, 4.69) is 36.6 Å². The molecule has 1 amide bonds. The molecule has 1 aromatic carbocycles. The minimum Gasteiger partial charge on any atom is -0.383 e. The normalized spacial score (nSPS) is 20.0. The van der Waals surface area contributed by atoms with Crippen LogP contribution in [0.2, 0.25) is 0 Å². The molecule has 0 bridgehead atoms. The third kappa shape index (κ3) is 3.71. The molecule has 3 heterocycles. The second kappa shape index (κ2) is 8.05. The number of amides is 1. The SMILES string of the molecule is COCCn1c(-c2nc(C(=O)N3CC(C)CC(C)C3)cs2)cc2ccccc21. The Morgan fingerprint density at radius 3 is 2.75 bits per heavy atom. The average Bonchev–Trinajstić information content (AvgIpc) is 3.30. The molecule has 2 aromatic heterocycles. The van der Waals surface area contributed by atoms with E-state index in [9.17, 15) is 4.79 Å². The molecule has 4 rings (SSSR count). The first kappa shape index (κ1) is 19.2. The number of carbonyl (C=O) groups excluding carboxylic acids is 1. The minimum atomic E-state index is 0.0560. The molecule has 1 fully saturated rings. The summed E-state index contributed by atoms with van der Waals surface area (Å²) in [6, 6.07) is 10.5. The van der Waals surface area contributed by atoms with Crippen LogP contribution in [0, 0.1) is 11.8 Å². The van der Waals surface area contributed by atoms with Gasteiger partial charge in [-0.25, -0.2) is 4.98 Å². The van der Waals surface area contributed by atoms with E-state index < -0.39 is 0 Å². The highest BCUT2D eigenvalue weighted by Crippen LogP contribution is 2.31. The summed E-state index contributed by atoms with van der Waals surface area (Å²) in [4.78, 5) is 19.7. The van der Waals surface area contributed by atoms with Gasteiger partial charge in [-0.3, -0.25) is 4.79 Å². The van der Waals surface area contributed by atoms with Crippen molar-refractivity contribution in [2.45, 2.75) is 26.8 Å². The molecular formula is C22H27N3O2S. The summed E-state index contributed by atoms with van der Waals surface area (Å²) in [7, 11) is 1.71. The molecule has 0 spiro atoms. The molecule has 0 radical (unpaired) electrons. The predicted molar refractivity (Wildman–Crippen MR) is 114 cm³/mol. The van der Waals surface area contributed by atoms with Crippen LogP contribution in [-0.4, -0.2) is 47.2 Å². The number of nitrogens with zero attached hydrogens (tertiary/aromatic N) is 3. The second-order valence-electron chi connectivity index (χ2n) is 7.93. The number of hydrogen-bond acceptors (Lipinski definition) is 4. The zero-order chi connectivity index (χ0) is 19.7. The summed E-state index contributed by atoms with van der Waals surface area (Å²) in [6.07, 6.45) is 1.19. The van der Waals surface area contributed by atoms with E-state index in [1.807, 2.05) is 22.4 Å². The molecule has 3 aromatic rings. The molecule has 1 aliphatic heterocycles. The van der Waals surface area contributed by atoms with Crippen molar-refractivity contribution in [3.05, 3.63) is 41.4 Å². The summed E-state index contributed by atoms with van der Waals surface area (Å²) in [5, 5.41) is 3.96. The zero-order valence-electron chi connectivity index (χ0n) is 16.7. The Balaban J connectivity index is 1.65. The van der Waals surface area contributed by atoms with Gasteiger partial charge in [0.05, 0.1) is 12.3 Å². The molecule has 2 unspecified atom stereocenters. The highest BCUT2D eigenvalue weighted by atomic mass is 32.1. The molecule has 28 heavy (non-hydrogen) atoms. The highest BCUT2D eigenvalue weighted by Gasteiger charge is 2.27. The number of benzene rings is 1. The van der Waals surface area contributed by atoms with Crippen molar-refractivity contribution < 1.29 is 9.53 Å². The quantitative estimate of drug-likeness (QED) is 0.635. The Morgan fingerprint density at radius 1 is 1.25 bits per heavy atom. The fourth-order valence-corrected chi connectivity index (χ4v) is 5.11. The maximum atomic E-state index is 13.0. The van der Waals surface area contributed by atoms with Crippen molar-refractivity contribution in [3.63, 3.8) is 0 Å². The van der Waals surface area contributed by atoms with Crippen LogP contribution in [0.15, 0.2) is 35.7 Å². The van der Waals surface area contributed by atoms with Gasteiger partial charge in [-0.2, -0.15) is 0 Å². The number of para-hydroxylation sites is 1. The molecule has 2 atom stereocenters. The number of fused-ring (bicyclic) bond motifs is 1. The Morgan fingerprint density at radius 2 is 2.00 bits per heavy atom. The highest BCUT2D eigenvalue weighted by molar-refractivity contribution is 7.13. The van der Waals surface area contributed by atoms with Crippen molar-refractivity contribution in [2.24, 2.45) is 11.8 Å². The standard InChI is InChI=1S/C22H27N3O2S/c1-15-10-16(2)13-24(12-15)22(26)18-14-28-21(23-18)20-11-17-6-4-5-7-19(17)25(20)8-9-27-3/h4-7,11,14-16H,8-10,12-13H2,1-3H3. The molecule has 6 heteroatoms. The van der Waals surface area contributed by atoms with Gasteiger partial charge in [-0.15, -0.1) is 11.3 Å². The van der Waals surface area contributed by atoms with Crippen molar-refractivity contribution in [2.75, 3.05) is 26.8 Å². The maximum Gasteiger partial charge on any atom is 0.273 e. The monoisotopic (exact) mass is 397 g/mol. The molecule has 148 valence electrons. The van der Waals surface area contributed by atoms with E-state index in [4.69, 9.17) is 9.72 Å². The number of ether oxygens (including phenoxy) is 1. The lowest BCUT2D eigenvalue weighted by Gasteiger charge is -2.34. The van der Waals surface area contributed by atoms with Crippen LogP contribution in [0.25, 0.3) is 21.6 Å². The van der Waals surface area contributed by atoms with Crippen LogP contribution in [0.3, 0.4) is 0 Å². The third-order valence-electron chi connectivity index (χ3n) is 5.43. The van der Waals surface area contributed by atoms with E-state index in [0.717, 1.165) is 35.9 Å². The topological polar surface area (TPSA) is 47.4 Å². The van der Waals surface area contributed by atoms with Gasteiger partial charge in [-0.05, 0) is 30.4 Å². The number of hydrogen-bond donors (Lipinski definition) is 0. The Kier molecular flexibility index (Phi) is 5.51. The Labute approximate surface area is 169 Å². The first-order valence-electron chi connectivity index (χ1n) is 9.89. The van der Waals surface area contributed by atoms with Crippen LogP contribution in [0.4, 0.5) is 0 Å². The van der Waals surface area contributed by atoms with Crippen LogP contribution in [0.5, 0.6) is 0 Å². The van der Waals surface area contributed by atoms with Crippen LogP contribution >= 0.6 is 11.3 Å². The number of piperidine rings is 1. The Hall–Kier alpha value is -2.18. The summed E-state index contributed by atoms with van der Waals surface area (Å²) >= 11 is 1.54. The molecule has 0 N–H and O–H groups in total. The van der Waals surface area contributed by atoms with Crippen molar-refractivity contribution in [1.82, 2.24) is 14.5 Å². The molecule has 5 nitrogen and oxygen atoms in total. The predicted octanol–water partition coefficient (Wildman–Crippen LogP) is 4.53. The lowest BCUT2D eigenvalue weighted by molar-refractivity contribution is 0.0618. The van der Waals surface area contributed by atoms with Crippen LogP contribution in [0.1, 0.15) is 30.8 Å². The van der Waals surface area contributed by atoms with E-state index in [-0.39, 0.29) is 5.91 Å². The van der Waals surface area contributed by atoms with E-state index in [1.165, 1.54) is 23.1 Å². The first-order chi connectivity index (χ1) is 13.6.